The Bertz CT molecular complexity index is 2660. The number of aromatic nitrogens is 8. The standard InChI is InChI=1S/C42H55N11O6SSi/c1-10-52-30(19-25(3)48-52)32(54)24-35-45-28-21-27(37(43)55)22-33(58-17-14-18-59-61(8,9)42(5,6)7)36(28)50(35)15-12-13-16-51-40-29(23-34(60-40)38(44)56)46-41(51)47-39(57)31-20-26(4)49-53(31)11-2/h12-13,19-23H,10-11,14-18,24H2,1-9H3,(H5,43,44,46,47,55,56,57)/p+1/b13-12+. The van der Waals surface area contributed by atoms with Gasteiger partial charge in [-0.3, -0.25) is 33.7 Å². The molecule has 0 fully saturated rings. The molecule has 6 N–H and O–H groups in total. The molecule has 0 aliphatic heterocycles. The van der Waals surface area contributed by atoms with Crippen LogP contribution in [0.1, 0.15) is 99.3 Å². The molecule has 6 rings (SSSR count). The molecule has 5 heterocycles. The number of aryl methyl sites for hydroxylation is 4. The first kappa shape index (κ1) is 44.6. The van der Waals surface area contributed by atoms with E-state index in [-0.39, 0.29) is 41.8 Å². The van der Waals surface area contributed by atoms with E-state index >= 15 is 0 Å². The number of benzene rings is 1. The molecule has 0 aliphatic carbocycles. The first-order valence-electron chi connectivity index (χ1n) is 20.3. The number of fused-ring (bicyclic) bond motifs is 2. The van der Waals surface area contributed by atoms with Crippen molar-refractivity contribution in [1.29, 1.82) is 0 Å². The quantitative estimate of drug-likeness (QED) is 0.0252. The molecule has 5 aromatic heterocycles. The third-order valence-corrected chi connectivity index (χ3v) is 16.6. The average Bonchev–Trinajstić information content (AvgIpc) is 4.01. The normalized spacial score (nSPS) is 12.3. The number of nitrogens with zero attached hydrogens (tertiary/aromatic N) is 7. The minimum atomic E-state index is -1.97. The Morgan fingerprint density at radius 3 is 2.33 bits per heavy atom. The maximum Gasteiger partial charge on any atom is 0.325 e. The summed E-state index contributed by atoms with van der Waals surface area (Å²) in [5, 5.41) is 10.6. The van der Waals surface area contributed by atoms with E-state index in [1.807, 2.05) is 44.4 Å². The number of rotatable bonds is 19. The monoisotopic (exact) mass is 870 g/mol. The second kappa shape index (κ2) is 18.0. The summed E-state index contributed by atoms with van der Waals surface area (Å²) in [6.45, 7) is 21.0. The number of anilines is 1. The highest BCUT2D eigenvalue weighted by atomic mass is 32.1. The Balaban J connectivity index is 1.34. The molecular weight excluding hydrogens is 815 g/mol. The summed E-state index contributed by atoms with van der Waals surface area (Å²) in [6.07, 6.45) is 4.36. The molecule has 3 amide bonds. The van der Waals surface area contributed by atoms with Crippen LogP contribution in [-0.2, 0) is 37.0 Å². The van der Waals surface area contributed by atoms with Crippen LogP contribution in [0.15, 0.2) is 42.5 Å². The number of nitrogens with two attached hydrogens (primary N) is 2. The van der Waals surface area contributed by atoms with Gasteiger partial charge in [-0.2, -0.15) is 10.2 Å². The number of nitrogens with one attached hydrogen (secondary N) is 2. The number of carbonyl (C=O) groups is 4. The van der Waals surface area contributed by atoms with Gasteiger partial charge in [0.1, 0.15) is 33.1 Å². The number of imidazole rings is 2. The molecule has 0 saturated heterocycles. The zero-order valence-corrected chi connectivity index (χ0v) is 38.2. The highest BCUT2D eigenvalue weighted by Gasteiger charge is 2.37. The molecule has 0 aliphatic rings. The topological polar surface area (TPSA) is 224 Å². The molecule has 0 bridgehead atoms. The maximum atomic E-state index is 13.9. The highest BCUT2D eigenvalue weighted by Crippen LogP contribution is 2.37. The summed E-state index contributed by atoms with van der Waals surface area (Å²) in [7, 11) is -1.97. The number of ketones is 1. The second-order valence-corrected chi connectivity index (χ2v) is 22.3. The number of hydrogen-bond donors (Lipinski definition) is 4. The van der Waals surface area contributed by atoms with Crippen LogP contribution in [0.25, 0.3) is 21.4 Å². The number of thiophene rings is 1. The molecule has 0 atom stereocenters. The SMILES string of the molecule is CCn1nc(C)cc1C(=O)Cc1nc2cc(C(N)=O)cc(OCCCO[Si](C)(C)C(C)(C)C)c2n1C/C=C/Cn1c(NC(=O)c2cc(C)[nH][n+]2CC)nc2cc(C(N)=O)sc21. The lowest BCUT2D eigenvalue weighted by molar-refractivity contribution is -0.748. The number of amides is 3. The number of aromatic amines is 1. The molecule has 0 saturated carbocycles. The molecule has 0 radical (unpaired) electrons. The first-order valence-corrected chi connectivity index (χ1v) is 24.1. The fourth-order valence-electron chi connectivity index (χ4n) is 6.75. The van der Waals surface area contributed by atoms with Crippen LogP contribution >= 0.6 is 11.3 Å². The van der Waals surface area contributed by atoms with Crippen molar-refractivity contribution in [3.63, 3.8) is 0 Å². The van der Waals surface area contributed by atoms with Crippen molar-refractivity contribution in [2.75, 3.05) is 18.5 Å². The largest absolute Gasteiger partial charge is 0.491 e. The molecule has 17 nitrogen and oxygen atoms in total. The zero-order chi connectivity index (χ0) is 44.4. The molecular formula is C42H56N11O6SSi+. The number of hydrogen-bond acceptors (Lipinski definition) is 10. The van der Waals surface area contributed by atoms with Crippen molar-refractivity contribution in [2.45, 2.75) is 106 Å². The van der Waals surface area contributed by atoms with Gasteiger partial charge in [0.2, 0.25) is 11.9 Å². The average molecular weight is 871 g/mol. The molecule has 61 heavy (non-hydrogen) atoms. The van der Waals surface area contributed by atoms with Gasteiger partial charge in [-0.1, -0.05) is 32.9 Å². The van der Waals surface area contributed by atoms with Crippen molar-refractivity contribution >= 4 is 70.5 Å². The van der Waals surface area contributed by atoms with Crippen LogP contribution in [-0.4, -0.2) is 79.0 Å². The van der Waals surface area contributed by atoms with Gasteiger partial charge < -0.3 is 25.2 Å². The lowest BCUT2D eigenvalue weighted by Crippen LogP contribution is -2.41. The summed E-state index contributed by atoms with van der Waals surface area (Å²) in [6, 6.07) is 8.36. The van der Waals surface area contributed by atoms with Gasteiger partial charge in [-0.05, 0) is 70.1 Å². The molecule has 19 heteroatoms. The van der Waals surface area contributed by atoms with E-state index in [9.17, 15) is 19.2 Å². The summed E-state index contributed by atoms with van der Waals surface area (Å²) >= 11 is 1.18. The maximum absolute atomic E-state index is 13.9. The van der Waals surface area contributed by atoms with Crippen molar-refractivity contribution < 1.29 is 33.0 Å². The van der Waals surface area contributed by atoms with E-state index in [0.717, 1.165) is 11.4 Å². The summed E-state index contributed by atoms with van der Waals surface area (Å²) in [5.74, 6) is -0.589. The van der Waals surface area contributed by atoms with E-state index in [1.165, 1.54) is 11.3 Å². The summed E-state index contributed by atoms with van der Waals surface area (Å²) in [4.78, 5) is 62.6. The van der Waals surface area contributed by atoms with Gasteiger partial charge >= 0.3 is 5.91 Å². The fraction of sp³-hybridized carbons (Fsp3) is 0.429. The fourth-order valence-corrected chi connectivity index (χ4v) is 8.79. The van der Waals surface area contributed by atoms with Crippen LogP contribution in [0.2, 0.25) is 18.1 Å². The van der Waals surface area contributed by atoms with E-state index in [1.54, 1.807) is 44.3 Å². The summed E-state index contributed by atoms with van der Waals surface area (Å²) < 4.78 is 19.9. The Labute approximate surface area is 359 Å². The number of primary amides is 2. The number of Topliss-reactive ketones (excluding diaryl/α,β-unsaturated/α-hetero) is 1. The molecule has 0 unspecified atom stereocenters. The first-order chi connectivity index (χ1) is 28.8. The Morgan fingerprint density at radius 2 is 1.67 bits per heavy atom. The van der Waals surface area contributed by atoms with E-state index < -0.39 is 20.1 Å². The number of H-pyrrole nitrogens is 1. The number of allylic oxidation sites excluding steroid dienone is 2. The minimum Gasteiger partial charge on any atom is -0.491 e. The van der Waals surface area contributed by atoms with Crippen LogP contribution in [0.4, 0.5) is 5.95 Å². The van der Waals surface area contributed by atoms with Gasteiger partial charge in [-0.25, -0.2) is 9.97 Å². The van der Waals surface area contributed by atoms with Gasteiger partial charge in [0.05, 0.1) is 34.8 Å². The minimum absolute atomic E-state index is 0.0564. The van der Waals surface area contributed by atoms with Crippen molar-refractivity contribution in [3.05, 3.63) is 81.5 Å². The van der Waals surface area contributed by atoms with E-state index in [2.05, 4.69) is 54.4 Å². The predicted octanol–water partition coefficient (Wildman–Crippen LogP) is 5.84. The van der Waals surface area contributed by atoms with Gasteiger partial charge in [-0.15, -0.1) is 16.0 Å². The third kappa shape index (κ3) is 9.68. The second-order valence-electron chi connectivity index (χ2n) is 16.4. The van der Waals surface area contributed by atoms with Crippen LogP contribution in [0.3, 0.4) is 0 Å². The van der Waals surface area contributed by atoms with Gasteiger partial charge in [0.15, 0.2) is 20.6 Å². The Morgan fingerprint density at radius 1 is 0.951 bits per heavy atom. The Kier molecular flexibility index (Phi) is 13.1. The van der Waals surface area contributed by atoms with E-state index in [0.29, 0.717) is 87.9 Å². The molecule has 1 aromatic carbocycles. The predicted molar refractivity (Wildman–Crippen MR) is 237 cm³/mol. The van der Waals surface area contributed by atoms with Gasteiger partial charge in [0, 0.05) is 44.3 Å². The molecule has 6 aromatic rings. The summed E-state index contributed by atoms with van der Waals surface area (Å²) in [5.41, 5.74) is 15.7. The number of ether oxygens (including phenoxy) is 1. The van der Waals surface area contributed by atoms with Crippen LogP contribution in [0.5, 0.6) is 5.75 Å². The van der Waals surface area contributed by atoms with Crippen molar-refractivity contribution in [2.24, 2.45) is 11.5 Å². The van der Waals surface area contributed by atoms with Gasteiger partial charge in [0.25, 0.3) is 11.6 Å². The smallest absolute Gasteiger partial charge is 0.325 e. The highest BCUT2D eigenvalue weighted by molar-refractivity contribution is 7.20. The Hall–Kier alpha value is -5.92. The zero-order valence-electron chi connectivity index (χ0n) is 36.3. The van der Waals surface area contributed by atoms with Crippen LogP contribution < -0.4 is 26.2 Å². The third-order valence-electron chi connectivity index (χ3n) is 10.9. The lowest BCUT2D eigenvalue weighted by Gasteiger charge is -2.36. The van der Waals surface area contributed by atoms with Crippen molar-refractivity contribution in [1.82, 2.24) is 34.0 Å². The number of carbonyl (C=O) groups excluding carboxylic acids is 4. The van der Waals surface area contributed by atoms with Crippen molar-refractivity contribution in [3.8, 4) is 5.75 Å². The molecule has 324 valence electrons. The van der Waals surface area contributed by atoms with Crippen LogP contribution in [0, 0.1) is 13.8 Å². The van der Waals surface area contributed by atoms with E-state index in [4.69, 9.17) is 25.6 Å². The molecule has 0 spiro atoms. The lowest BCUT2D eigenvalue weighted by atomic mass is 10.1.